The Kier molecular flexibility index (Phi) is 4.29. The number of carbonyl (C=O) groups excluding carboxylic acids is 1. The third-order valence-corrected chi connectivity index (χ3v) is 2.86. The van der Waals surface area contributed by atoms with E-state index in [1.807, 2.05) is 20.9 Å². The molecule has 2 aromatic heterocycles. The van der Waals surface area contributed by atoms with Crippen LogP contribution in [0.4, 0.5) is 5.82 Å². The number of nitrogens with one attached hydrogen (secondary N) is 2. The minimum atomic E-state index is -0.217. The fourth-order valence-corrected chi connectivity index (χ4v) is 1.88. The Morgan fingerprint density at radius 3 is 2.95 bits per heavy atom. The summed E-state index contributed by atoms with van der Waals surface area (Å²) in [6.45, 7) is 4.60. The number of pyridine rings is 1. The van der Waals surface area contributed by atoms with E-state index in [4.69, 9.17) is 0 Å². The van der Waals surface area contributed by atoms with E-state index >= 15 is 0 Å². The average Bonchev–Trinajstić information content (AvgIpc) is 2.86. The molecule has 20 heavy (non-hydrogen) atoms. The number of anilines is 1. The van der Waals surface area contributed by atoms with Crippen LogP contribution in [-0.4, -0.2) is 32.2 Å². The smallest absolute Gasteiger partial charge is 0.252 e. The van der Waals surface area contributed by atoms with Crippen molar-refractivity contribution < 1.29 is 4.79 Å². The predicted molar refractivity (Wildman–Crippen MR) is 75.3 cm³/mol. The zero-order valence-corrected chi connectivity index (χ0v) is 11.8. The van der Waals surface area contributed by atoms with Gasteiger partial charge in [0.05, 0.1) is 6.04 Å². The van der Waals surface area contributed by atoms with Crippen LogP contribution < -0.4 is 10.6 Å². The minimum Gasteiger partial charge on any atom is -0.370 e. The summed E-state index contributed by atoms with van der Waals surface area (Å²) >= 11 is 0. The van der Waals surface area contributed by atoms with Crippen molar-refractivity contribution >= 4 is 11.7 Å². The molecule has 0 spiro atoms. The molecule has 0 aliphatic heterocycles. The highest BCUT2D eigenvalue weighted by molar-refractivity contribution is 5.94. The van der Waals surface area contributed by atoms with Gasteiger partial charge in [-0.05, 0) is 26.0 Å². The number of rotatable bonds is 5. The molecule has 0 saturated heterocycles. The summed E-state index contributed by atoms with van der Waals surface area (Å²) in [5, 5.41) is 13.8. The Morgan fingerprint density at radius 1 is 1.50 bits per heavy atom. The third-order valence-electron chi connectivity index (χ3n) is 2.86. The molecule has 0 radical (unpaired) electrons. The van der Waals surface area contributed by atoms with Gasteiger partial charge in [-0.2, -0.15) is 0 Å². The molecule has 1 unspecified atom stereocenters. The number of amides is 1. The van der Waals surface area contributed by atoms with Gasteiger partial charge in [0.1, 0.15) is 12.1 Å². The van der Waals surface area contributed by atoms with Gasteiger partial charge in [-0.1, -0.05) is 0 Å². The largest absolute Gasteiger partial charge is 0.370 e. The van der Waals surface area contributed by atoms with Gasteiger partial charge in [0, 0.05) is 25.4 Å². The van der Waals surface area contributed by atoms with Crippen molar-refractivity contribution in [1.82, 2.24) is 25.1 Å². The van der Waals surface area contributed by atoms with Crippen LogP contribution in [0.5, 0.6) is 0 Å². The quantitative estimate of drug-likeness (QED) is 0.854. The van der Waals surface area contributed by atoms with E-state index in [9.17, 15) is 4.79 Å². The van der Waals surface area contributed by atoms with Gasteiger partial charge in [0.2, 0.25) is 0 Å². The molecule has 0 bridgehead atoms. The fraction of sp³-hybridized carbons (Fsp3) is 0.385. The van der Waals surface area contributed by atoms with Crippen molar-refractivity contribution in [3.63, 3.8) is 0 Å². The van der Waals surface area contributed by atoms with Crippen LogP contribution in [0, 0.1) is 0 Å². The second-order valence-corrected chi connectivity index (χ2v) is 4.46. The fourth-order valence-electron chi connectivity index (χ4n) is 1.88. The van der Waals surface area contributed by atoms with Crippen molar-refractivity contribution in [3.8, 4) is 0 Å². The normalized spacial score (nSPS) is 11.9. The maximum absolute atomic E-state index is 12.2. The monoisotopic (exact) mass is 274 g/mol. The maximum Gasteiger partial charge on any atom is 0.252 e. The third kappa shape index (κ3) is 3.11. The van der Waals surface area contributed by atoms with Crippen LogP contribution in [0.1, 0.15) is 36.1 Å². The highest BCUT2D eigenvalue weighted by atomic mass is 16.1. The molecule has 7 heteroatoms. The first-order valence-electron chi connectivity index (χ1n) is 6.46. The number of hydrogen-bond donors (Lipinski definition) is 2. The summed E-state index contributed by atoms with van der Waals surface area (Å²) in [4.78, 5) is 16.3. The van der Waals surface area contributed by atoms with Crippen molar-refractivity contribution in [2.75, 3.05) is 11.9 Å². The van der Waals surface area contributed by atoms with Crippen LogP contribution in [0.2, 0.25) is 0 Å². The Hall–Kier alpha value is -2.44. The molecule has 1 amide bonds. The van der Waals surface area contributed by atoms with E-state index in [1.54, 1.807) is 29.2 Å². The maximum atomic E-state index is 12.2. The summed E-state index contributed by atoms with van der Waals surface area (Å²) in [5.41, 5.74) is 0.560. The topological polar surface area (TPSA) is 84.7 Å². The summed E-state index contributed by atoms with van der Waals surface area (Å²) in [5.74, 6) is 1.23. The molecule has 0 aromatic carbocycles. The van der Waals surface area contributed by atoms with Gasteiger partial charge in [-0.25, -0.2) is 4.98 Å². The van der Waals surface area contributed by atoms with E-state index in [0.29, 0.717) is 17.2 Å². The zero-order chi connectivity index (χ0) is 14.5. The van der Waals surface area contributed by atoms with E-state index in [1.165, 1.54) is 0 Å². The van der Waals surface area contributed by atoms with Crippen LogP contribution in [-0.2, 0) is 7.05 Å². The lowest BCUT2D eigenvalue weighted by Gasteiger charge is -2.13. The number of aromatic nitrogens is 4. The van der Waals surface area contributed by atoms with Crippen LogP contribution in [0.25, 0.3) is 0 Å². The number of carbonyl (C=O) groups is 1. The van der Waals surface area contributed by atoms with Gasteiger partial charge in [0.25, 0.3) is 5.91 Å². The summed E-state index contributed by atoms with van der Waals surface area (Å²) in [6.07, 6.45) is 3.22. The standard InChI is InChI=1S/C13H18N6O/c1-4-14-11-7-10(5-6-15-11)13(20)17-9(2)12-18-16-8-19(12)3/h5-9H,4H2,1-3H3,(H,14,15)(H,17,20). The minimum absolute atomic E-state index is 0.165. The van der Waals surface area contributed by atoms with Crippen molar-refractivity contribution in [2.45, 2.75) is 19.9 Å². The molecule has 0 aliphatic carbocycles. The summed E-state index contributed by atoms with van der Waals surface area (Å²) < 4.78 is 1.78. The molecule has 7 nitrogen and oxygen atoms in total. The Labute approximate surface area is 117 Å². The summed E-state index contributed by atoms with van der Waals surface area (Å²) in [7, 11) is 1.84. The van der Waals surface area contributed by atoms with Gasteiger partial charge < -0.3 is 15.2 Å². The molecule has 2 rings (SSSR count). The summed E-state index contributed by atoms with van der Waals surface area (Å²) in [6, 6.07) is 3.19. The highest BCUT2D eigenvalue weighted by Gasteiger charge is 2.15. The first-order valence-corrected chi connectivity index (χ1v) is 6.46. The predicted octanol–water partition coefficient (Wildman–Crippen LogP) is 1.13. The average molecular weight is 274 g/mol. The molecular formula is C13H18N6O. The lowest BCUT2D eigenvalue weighted by atomic mass is 10.2. The van der Waals surface area contributed by atoms with E-state index < -0.39 is 0 Å². The molecule has 0 aliphatic rings. The molecule has 2 N–H and O–H groups in total. The number of nitrogens with zero attached hydrogens (tertiary/aromatic N) is 4. The molecule has 0 saturated carbocycles. The lowest BCUT2D eigenvalue weighted by Crippen LogP contribution is -2.28. The molecule has 106 valence electrons. The first-order chi connectivity index (χ1) is 9.61. The van der Waals surface area contributed by atoms with Crippen LogP contribution in [0.3, 0.4) is 0 Å². The van der Waals surface area contributed by atoms with Crippen molar-refractivity contribution in [3.05, 3.63) is 36.0 Å². The SMILES string of the molecule is CCNc1cc(C(=O)NC(C)c2nncn2C)ccn1. The highest BCUT2D eigenvalue weighted by Crippen LogP contribution is 2.11. The van der Waals surface area contributed by atoms with E-state index in [2.05, 4.69) is 25.8 Å². The number of hydrogen-bond acceptors (Lipinski definition) is 5. The Balaban J connectivity index is 2.08. The molecule has 2 aromatic rings. The lowest BCUT2D eigenvalue weighted by molar-refractivity contribution is 0.0937. The van der Waals surface area contributed by atoms with Crippen LogP contribution in [0.15, 0.2) is 24.7 Å². The van der Waals surface area contributed by atoms with Gasteiger partial charge in [-0.15, -0.1) is 10.2 Å². The van der Waals surface area contributed by atoms with E-state index in [-0.39, 0.29) is 11.9 Å². The first kappa shape index (κ1) is 14.0. The second-order valence-electron chi connectivity index (χ2n) is 4.46. The second kappa shape index (κ2) is 6.14. The van der Waals surface area contributed by atoms with Gasteiger partial charge in [0.15, 0.2) is 5.82 Å². The van der Waals surface area contributed by atoms with Crippen LogP contribution >= 0.6 is 0 Å². The van der Waals surface area contributed by atoms with Crippen molar-refractivity contribution in [2.24, 2.45) is 7.05 Å². The zero-order valence-electron chi connectivity index (χ0n) is 11.8. The molecule has 1 atom stereocenters. The van der Waals surface area contributed by atoms with Crippen molar-refractivity contribution in [1.29, 1.82) is 0 Å². The molecule has 2 heterocycles. The number of aryl methyl sites for hydroxylation is 1. The molecule has 0 fully saturated rings. The molecular weight excluding hydrogens is 256 g/mol. The van der Waals surface area contributed by atoms with Gasteiger partial charge >= 0.3 is 0 Å². The van der Waals surface area contributed by atoms with Gasteiger partial charge in [-0.3, -0.25) is 4.79 Å². The van der Waals surface area contributed by atoms with E-state index in [0.717, 1.165) is 6.54 Å². The Morgan fingerprint density at radius 2 is 2.30 bits per heavy atom. The Bertz CT molecular complexity index is 594.